The zero-order valence-corrected chi connectivity index (χ0v) is 20.6. The number of thiocarbonyl (C=S) groups is 1. The summed E-state index contributed by atoms with van der Waals surface area (Å²) in [5, 5.41) is 11.0. The Morgan fingerprint density at radius 3 is 2.12 bits per heavy atom. The molecule has 4 aliphatic rings. The predicted molar refractivity (Wildman–Crippen MR) is 144 cm³/mol. The van der Waals surface area contributed by atoms with Crippen LogP contribution in [0.15, 0.2) is 79.4 Å². The van der Waals surface area contributed by atoms with E-state index in [-0.39, 0.29) is 22.4 Å². The van der Waals surface area contributed by atoms with Gasteiger partial charge in [0.05, 0.1) is 9.91 Å². The Kier molecular flexibility index (Phi) is 7.23. The van der Waals surface area contributed by atoms with E-state index < -0.39 is 0 Å². The molecule has 0 N–H and O–H groups in total. The molecule has 0 saturated heterocycles. The molecular formula is C29H30N2O2S. The van der Waals surface area contributed by atoms with E-state index in [9.17, 15) is 10.1 Å². The largest absolute Gasteiger partial charge is 0.339 e. The maximum absolute atomic E-state index is 11.0. The summed E-state index contributed by atoms with van der Waals surface area (Å²) < 4.78 is 0. The average Bonchev–Trinajstić information content (AvgIpc) is 2.85. The van der Waals surface area contributed by atoms with Crippen molar-refractivity contribution in [3.05, 3.63) is 117 Å². The normalized spacial score (nSPS) is 14.5. The highest BCUT2D eigenvalue weighted by molar-refractivity contribution is 7.80. The fraction of sp³-hybridized carbons (Fsp3) is 0.276. The number of allylic oxidation sites excluding steroid dienone is 1. The van der Waals surface area contributed by atoms with Gasteiger partial charge in [-0.15, -0.1) is 6.58 Å². The molecule has 0 saturated carbocycles. The van der Waals surface area contributed by atoms with Gasteiger partial charge in [-0.3, -0.25) is 10.1 Å². The van der Waals surface area contributed by atoms with Crippen LogP contribution in [0.2, 0.25) is 0 Å². The molecule has 2 atom stereocenters. The summed E-state index contributed by atoms with van der Waals surface area (Å²) in [5.74, 6) is -0.0351. The van der Waals surface area contributed by atoms with Crippen molar-refractivity contribution < 1.29 is 4.92 Å². The average molecular weight is 471 g/mol. The summed E-state index contributed by atoms with van der Waals surface area (Å²) in [6, 6.07) is 22.5. The molecule has 0 amide bonds. The minimum atomic E-state index is -0.379. The standard InChI is InChI=1S/C29H30N2O2S/c1-4-27(24-15-17-26(18-16-24)31(32)33)20(2)29(34)30(3)28-19-23-10-9-21-5-7-22(8-6-21)11-13-25(28)14-12-23/h4-8,12,14-20,27H,1,9-11,13H2,2-3H3/t20-,27-/m1/s1. The number of aryl methyl sites for hydroxylation is 4. The number of anilines is 1. The molecular weight excluding hydrogens is 440 g/mol. The van der Waals surface area contributed by atoms with Gasteiger partial charge in [0, 0.05) is 36.7 Å². The van der Waals surface area contributed by atoms with Gasteiger partial charge in [-0.1, -0.05) is 73.7 Å². The summed E-state index contributed by atoms with van der Waals surface area (Å²) in [7, 11) is 2.05. The molecule has 0 unspecified atom stereocenters. The number of nitrogens with zero attached hydrogens (tertiary/aromatic N) is 2. The van der Waals surface area contributed by atoms with Gasteiger partial charge in [-0.25, -0.2) is 0 Å². The smallest absolute Gasteiger partial charge is 0.269 e. The van der Waals surface area contributed by atoms with Crippen LogP contribution in [-0.4, -0.2) is 17.0 Å². The first-order valence-corrected chi connectivity index (χ1v) is 12.1. The molecule has 34 heavy (non-hydrogen) atoms. The molecule has 3 aromatic carbocycles. The highest BCUT2D eigenvalue weighted by Crippen LogP contribution is 2.32. The molecule has 4 bridgehead atoms. The van der Waals surface area contributed by atoms with Crippen molar-refractivity contribution in [2.75, 3.05) is 11.9 Å². The molecule has 7 rings (SSSR count). The lowest BCUT2D eigenvalue weighted by atomic mass is 9.86. The molecule has 0 fully saturated rings. The van der Waals surface area contributed by atoms with Crippen LogP contribution in [-0.2, 0) is 25.7 Å². The summed E-state index contributed by atoms with van der Waals surface area (Å²) in [6.45, 7) is 6.14. The first kappa shape index (κ1) is 23.8. The molecule has 0 heterocycles. The van der Waals surface area contributed by atoms with E-state index >= 15 is 0 Å². The molecule has 0 aliphatic heterocycles. The van der Waals surface area contributed by atoms with Crippen molar-refractivity contribution in [2.45, 2.75) is 38.5 Å². The summed E-state index contributed by atoms with van der Waals surface area (Å²) in [6.07, 6.45) is 5.83. The first-order chi connectivity index (χ1) is 16.4. The zero-order chi connectivity index (χ0) is 24.2. The summed E-state index contributed by atoms with van der Waals surface area (Å²) in [5.41, 5.74) is 7.53. The predicted octanol–water partition coefficient (Wildman–Crippen LogP) is 6.85. The van der Waals surface area contributed by atoms with Crippen LogP contribution in [0.5, 0.6) is 0 Å². The second-order valence-electron chi connectivity index (χ2n) is 9.08. The van der Waals surface area contributed by atoms with E-state index in [0.29, 0.717) is 0 Å². The topological polar surface area (TPSA) is 46.4 Å². The Morgan fingerprint density at radius 2 is 1.53 bits per heavy atom. The van der Waals surface area contributed by atoms with Crippen molar-refractivity contribution in [3.63, 3.8) is 0 Å². The lowest BCUT2D eigenvalue weighted by Gasteiger charge is -2.31. The number of non-ortho nitro benzene ring substituents is 1. The molecule has 0 aromatic heterocycles. The van der Waals surface area contributed by atoms with Crippen LogP contribution in [0, 0.1) is 16.0 Å². The molecule has 174 valence electrons. The van der Waals surface area contributed by atoms with Crippen molar-refractivity contribution in [2.24, 2.45) is 5.92 Å². The quantitative estimate of drug-likeness (QED) is 0.171. The van der Waals surface area contributed by atoms with Gasteiger partial charge in [0.2, 0.25) is 0 Å². The fourth-order valence-corrected chi connectivity index (χ4v) is 5.00. The number of hydrogen-bond donors (Lipinski definition) is 0. The molecule has 3 aromatic rings. The van der Waals surface area contributed by atoms with Gasteiger partial charge in [0.25, 0.3) is 5.69 Å². The molecule has 5 heteroatoms. The third-order valence-electron chi connectivity index (χ3n) is 6.92. The highest BCUT2D eigenvalue weighted by atomic mass is 32.1. The fourth-order valence-electron chi connectivity index (χ4n) is 4.75. The van der Waals surface area contributed by atoms with Crippen LogP contribution >= 0.6 is 12.2 Å². The van der Waals surface area contributed by atoms with E-state index in [1.807, 2.05) is 6.08 Å². The summed E-state index contributed by atoms with van der Waals surface area (Å²) in [4.78, 5) is 13.6. The second kappa shape index (κ2) is 10.3. The third-order valence-corrected chi connectivity index (χ3v) is 7.57. The number of benzene rings is 3. The first-order valence-electron chi connectivity index (χ1n) is 11.7. The number of rotatable bonds is 6. The van der Waals surface area contributed by atoms with Gasteiger partial charge in [-0.2, -0.15) is 0 Å². The maximum Gasteiger partial charge on any atom is 0.269 e. The molecule has 0 spiro atoms. The van der Waals surface area contributed by atoms with Crippen LogP contribution < -0.4 is 4.90 Å². The Labute approximate surface area is 207 Å². The van der Waals surface area contributed by atoms with Crippen molar-refractivity contribution in [1.29, 1.82) is 0 Å². The van der Waals surface area contributed by atoms with Crippen LogP contribution in [0.4, 0.5) is 11.4 Å². The van der Waals surface area contributed by atoms with E-state index in [0.717, 1.165) is 41.9 Å². The van der Waals surface area contributed by atoms with Gasteiger partial charge in [0.15, 0.2) is 0 Å². The molecule has 0 radical (unpaired) electrons. The van der Waals surface area contributed by atoms with Crippen LogP contribution in [0.1, 0.15) is 40.7 Å². The Morgan fingerprint density at radius 1 is 0.971 bits per heavy atom. The Hall–Kier alpha value is -3.31. The van der Waals surface area contributed by atoms with Crippen LogP contribution in [0.3, 0.4) is 0 Å². The minimum Gasteiger partial charge on any atom is -0.339 e. The zero-order valence-electron chi connectivity index (χ0n) is 19.7. The lowest BCUT2D eigenvalue weighted by Crippen LogP contribution is -2.33. The van der Waals surface area contributed by atoms with E-state index in [1.165, 1.54) is 22.3 Å². The van der Waals surface area contributed by atoms with Gasteiger partial charge in [0.1, 0.15) is 0 Å². The summed E-state index contributed by atoms with van der Waals surface area (Å²) >= 11 is 6.00. The van der Waals surface area contributed by atoms with E-state index in [1.54, 1.807) is 24.3 Å². The number of hydrogen-bond acceptors (Lipinski definition) is 3. The monoisotopic (exact) mass is 470 g/mol. The SMILES string of the molecule is C=C[C@@H](c1ccc([N+](=O)[O-])cc1)[C@@H](C)C(=S)N(C)c1cc2ccc1CCc1ccc(cc1)CC2. The van der Waals surface area contributed by atoms with Gasteiger partial charge in [-0.05, 0) is 59.6 Å². The highest BCUT2D eigenvalue weighted by Gasteiger charge is 2.25. The van der Waals surface area contributed by atoms with Crippen LogP contribution in [0.25, 0.3) is 0 Å². The van der Waals surface area contributed by atoms with Crippen molar-refractivity contribution in [3.8, 4) is 0 Å². The van der Waals surface area contributed by atoms with Crippen molar-refractivity contribution >= 4 is 28.6 Å². The number of nitro groups is 1. The van der Waals surface area contributed by atoms with Crippen molar-refractivity contribution in [1.82, 2.24) is 0 Å². The van der Waals surface area contributed by atoms with E-state index in [2.05, 4.69) is 67.9 Å². The third kappa shape index (κ3) is 5.10. The Balaban J connectivity index is 1.59. The second-order valence-corrected chi connectivity index (χ2v) is 9.49. The maximum atomic E-state index is 11.0. The van der Waals surface area contributed by atoms with Gasteiger partial charge < -0.3 is 4.90 Å². The van der Waals surface area contributed by atoms with E-state index in [4.69, 9.17) is 12.2 Å². The number of nitro benzene ring substituents is 1. The molecule has 4 nitrogen and oxygen atoms in total. The Bertz CT molecular complexity index is 1200. The molecule has 4 aliphatic carbocycles. The minimum absolute atomic E-state index is 0.00107. The lowest BCUT2D eigenvalue weighted by molar-refractivity contribution is -0.384. The van der Waals surface area contributed by atoms with Gasteiger partial charge >= 0.3 is 0 Å².